The Morgan fingerprint density at radius 2 is 1.81 bits per heavy atom. The van der Waals surface area contributed by atoms with E-state index in [0.717, 1.165) is 0 Å². The van der Waals surface area contributed by atoms with Gasteiger partial charge in [-0.3, -0.25) is 14.4 Å². The quantitative estimate of drug-likeness (QED) is 0.360. The molecular weight excluding hydrogens is 500 g/mol. The normalized spacial score (nSPS) is 14.4. The Morgan fingerprint density at radius 1 is 1.11 bits per heavy atom. The maximum atomic E-state index is 12.7. The van der Waals surface area contributed by atoms with Gasteiger partial charge >= 0.3 is 0 Å². The summed E-state index contributed by atoms with van der Waals surface area (Å²) in [5.41, 5.74) is 3.50. The third-order valence-corrected chi connectivity index (χ3v) is 5.89. The van der Waals surface area contributed by atoms with Crippen molar-refractivity contribution in [3.63, 3.8) is 0 Å². The predicted octanol–water partition coefficient (Wildman–Crippen LogP) is 2.49. The van der Waals surface area contributed by atoms with Gasteiger partial charge in [0, 0.05) is 23.7 Å². The molecule has 1 aliphatic heterocycles. The number of hydrazone groups is 1. The number of amides is 3. The molecule has 1 unspecified atom stereocenters. The molecule has 198 valence electrons. The monoisotopic (exact) mass is 530 g/mol. The van der Waals surface area contributed by atoms with Crippen molar-refractivity contribution in [2.45, 2.75) is 19.9 Å². The summed E-state index contributed by atoms with van der Waals surface area (Å²) < 4.78 is 16.3. The van der Waals surface area contributed by atoms with Crippen LogP contribution in [0.2, 0.25) is 5.02 Å². The van der Waals surface area contributed by atoms with E-state index in [0.29, 0.717) is 54.0 Å². The fraction of sp³-hybridized carbons (Fsp3) is 0.385. The standard InChI is InChI=1S/C26H31ClN4O6/c1-17(2)24(29-25(33)19-5-7-20(27)8-6-19)26(34)30-28-15-18-4-9-21(22(14-18)35-3)37-16-23(32)31-10-12-36-13-11-31/h4-9,14-15,17,24H,10-13,16H2,1-3H3,(H,29,33)(H,30,34)/b28-15+. The number of nitrogens with zero attached hydrogens (tertiary/aromatic N) is 2. The van der Waals surface area contributed by atoms with Crippen molar-refractivity contribution in [3.8, 4) is 11.5 Å². The Balaban J connectivity index is 1.56. The van der Waals surface area contributed by atoms with Gasteiger partial charge in [0.15, 0.2) is 18.1 Å². The van der Waals surface area contributed by atoms with Crippen LogP contribution in [0.1, 0.15) is 29.8 Å². The second-order valence-electron chi connectivity index (χ2n) is 8.63. The highest BCUT2D eigenvalue weighted by atomic mass is 35.5. The molecule has 37 heavy (non-hydrogen) atoms. The number of carbonyl (C=O) groups excluding carboxylic acids is 3. The number of benzene rings is 2. The second kappa shape index (κ2) is 13.6. The molecule has 1 aliphatic rings. The third kappa shape index (κ3) is 8.19. The second-order valence-corrected chi connectivity index (χ2v) is 9.06. The van der Waals surface area contributed by atoms with Crippen LogP contribution in [-0.2, 0) is 14.3 Å². The number of hydrogen-bond acceptors (Lipinski definition) is 7. The van der Waals surface area contributed by atoms with Crippen LogP contribution in [0.4, 0.5) is 0 Å². The summed E-state index contributed by atoms with van der Waals surface area (Å²) in [6.07, 6.45) is 1.45. The molecule has 3 amide bonds. The van der Waals surface area contributed by atoms with Gasteiger partial charge in [0.1, 0.15) is 6.04 Å². The molecule has 0 bridgehead atoms. The van der Waals surface area contributed by atoms with E-state index >= 15 is 0 Å². The largest absolute Gasteiger partial charge is 0.493 e. The van der Waals surface area contributed by atoms with Gasteiger partial charge in [0.25, 0.3) is 17.7 Å². The molecule has 2 aromatic carbocycles. The maximum Gasteiger partial charge on any atom is 0.262 e. The van der Waals surface area contributed by atoms with Crippen LogP contribution in [0, 0.1) is 5.92 Å². The Hall–Kier alpha value is -3.63. The summed E-state index contributed by atoms with van der Waals surface area (Å²) in [5.74, 6) is -0.316. The molecular formula is C26H31ClN4O6. The predicted molar refractivity (Wildman–Crippen MR) is 139 cm³/mol. The van der Waals surface area contributed by atoms with Gasteiger partial charge in [-0.1, -0.05) is 25.4 Å². The van der Waals surface area contributed by atoms with Gasteiger partial charge < -0.3 is 24.4 Å². The summed E-state index contributed by atoms with van der Waals surface area (Å²) in [6.45, 7) is 5.66. The number of rotatable bonds is 10. The molecule has 0 aliphatic carbocycles. The summed E-state index contributed by atoms with van der Waals surface area (Å²) in [6, 6.07) is 10.7. The van der Waals surface area contributed by atoms with E-state index in [-0.39, 0.29) is 24.3 Å². The van der Waals surface area contributed by atoms with E-state index in [1.54, 1.807) is 47.4 Å². The van der Waals surface area contributed by atoms with E-state index in [2.05, 4.69) is 15.8 Å². The molecule has 1 heterocycles. The first-order valence-corrected chi connectivity index (χ1v) is 12.2. The Bertz CT molecular complexity index is 1120. The molecule has 1 fully saturated rings. The van der Waals surface area contributed by atoms with Gasteiger partial charge in [-0.25, -0.2) is 5.43 Å². The summed E-state index contributed by atoms with van der Waals surface area (Å²) in [5, 5.41) is 7.26. The first kappa shape index (κ1) is 27.9. The van der Waals surface area contributed by atoms with E-state index in [4.69, 9.17) is 25.8 Å². The SMILES string of the molecule is COc1cc(/C=N/NC(=O)C(NC(=O)c2ccc(Cl)cc2)C(C)C)ccc1OCC(=O)N1CCOCC1. The van der Waals surface area contributed by atoms with Crippen LogP contribution in [0.15, 0.2) is 47.6 Å². The fourth-order valence-corrected chi connectivity index (χ4v) is 3.65. The molecule has 2 aromatic rings. The first-order chi connectivity index (χ1) is 17.8. The van der Waals surface area contributed by atoms with Gasteiger partial charge in [-0.05, 0) is 53.9 Å². The molecule has 1 atom stereocenters. The van der Waals surface area contributed by atoms with E-state index in [1.807, 2.05) is 13.8 Å². The minimum Gasteiger partial charge on any atom is -0.493 e. The zero-order valence-electron chi connectivity index (χ0n) is 21.0. The van der Waals surface area contributed by atoms with E-state index in [9.17, 15) is 14.4 Å². The van der Waals surface area contributed by atoms with Crippen molar-refractivity contribution < 1.29 is 28.6 Å². The summed E-state index contributed by atoms with van der Waals surface area (Å²) in [7, 11) is 1.49. The highest BCUT2D eigenvalue weighted by Gasteiger charge is 2.24. The molecule has 0 radical (unpaired) electrons. The average molecular weight is 531 g/mol. The van der Waals surface area contributed by atoms with Gasteiger partial charge in [-0.2, -0.15) is 5.10 Å². The highest BCUT2D eigenvalue weighted by molar-refractivity contribution is 6.30. The minimum absolute atomic E-state index is 0.113. The van der Waals surface area contributed by atoms with Crippen molar-refractivity contribution in [1.29, 1.82) is 0 Å². The summed E-state index contributed by atoms with van der Waals surface area (Å²) >= 11 is 5.87. The fourth-order valence-electron chi connectivity index (χ4n) is 3.53. The van der Waals surface area contributed by atoms with E-state index < -0.39 is 11.9 Å². The number of carbonyl (C=O) groups is 3. The number of morpholine rings is 1. The molecule has 0 saturated carbocycles. The molecule has 1 saturated heterocycles. The molecule has 0 spiro atoms. The zero-order valence-corrected chi connectivity index (χ0v) is 21.8. The molecule has 0 aromatic heterocycles. The van der Waals surface area contributed by atoms with Gasteiger partial charge in [0.05, 0.1) is 26.5 Å². The third-order valence-electron chi connectivity index (χ3n) is 5.63. The maximum absolute atomic E-state index is 12.7. The average Bonchev–Trinajstić information content (AvgIpc) is 2.91. The van der Waals surface area contributed by atoms with Crippen LogP contribution < -0.4 is 20.2 Å². The van der Waals surface area contributed by atoms with Crippen LogP contribution in [0.25, 0.3) is 0 Å². The van der Waals surface area contributed by atoms with Crippen molar-refractivity contribution in [1.82, 2.24) is 15.6 Å². The van der Waals surface area contributed by atoms with Crippen LogP contribution in [0.5, 0.6) is 11.5 Å². The lowest BCUT2D eigenvalue weighted by Crippen LogP contribution is -2.48. The number of hydrogen-bond donors (Lipinski definition) is 2. The molecule has 3 rings (SSSR count). The van der Waals surface area contributed by atoms with Crippen molar-refractivity contribution in [3.05, 3.63) is 58.6 Å². The molecule has 11 heteroatoms. The first-order valence-electron chi connectivity index (χ1n) is 11.8. The van der Waals surface area contributed by atoms with E-state index in [1.165, 1.54) is 13.3 Å². The Morgan fingerprint density at radius 3 is 2.46 bits per heavy atom. The topological polar surface area (TPSA) is 119 Å². The smallest absolute Gasteiger partial charge is 0.262 e. The van der Waals surface area contributed by atoms with Crippen LogP contribution in [0.3, 0.4) is 0 Å². The lowest BCUT2D eigenvalue weighted by atomic mass is 10.0. The number of methoxy groups -OCH3 is 1. The number of ether oxygens (including phenoxy) is 3. The van der Waals surface area contributed by atoms with Crippen LogP contribution in [-0.4, -0.2) is 74.9 Å². The number of nitrogens with one attached hydrogen (secondary N) is 2. The van der Waals surface area contributed by atoms with Gasteiger partial charge in [-0.15, -0.1) is 0 Å². The highest BCUT2D eigenvalue weighted by Crippen LogP contribution is 2.27. The Kier molecular flexibility index (Phi) is 10.3. The lowest BCUT2D eigenvalue weighted by Gasteiger charge is -2.26. The lowest BCUT2D eigenvalue weighted by molar-refractivity contribution is -0.137. The van der Waals surface area contributed by atoms with Crippen molar-refractivity contribution in [2.75, 3.05) is 40.0 Å². The zero-order chi connectivity index (χ0) is 26.8. The summed E-state index contributed by atoms with van der Waals surface area (Å²) in [4.78, 5) is 39.2. The molecule has 2 N–H and O–H groups in total. The molecule has 10 nitrogen and oxygen atoms in total. The van der Waals surface area contributed by atoms with Crippen molar-refractivity contribution >= 4 is 35.5 Å². The van der Waals surface area contributed by atoms with Crippen LogP contribution >= 0.6 is 11.6 Å². The minimum atomic E-state index is -0.797. The van der Waals surface area contributed by atoms with Gasteiger partial charge in [0.2, 0.25) is 0 Å². The number of halogens is 1. The Labute approximate surface area is 220 Å². The van der Waals surface area contributed by atoms with Crippen molar-refractivity contribution in [2.24, 2.45) is 11.0 Å².